The van der Waals surface area contributed by atoms with Gasteiger partial charge >= 0.3 is 0 Å². The van der Waals surface area contributed by atoms with Gasteiger partial charge in [0.05, 0.1) is 26.5 Å². The van der Waals surface area contributed by atoms with Gasteiger partial charge in [-0.25, -0.2) is 0 Å². The molecule has 3 aromatic rings. The SMILES string of the molecule is CC(Oc1ccc(Br)cc1)c1nnc(SCC(=O)Nc2cc(Cl)c(Cl)cc2Cl)n1C. The van der Waals surface area contributed by atoms with Crippen LogP contribution in [0.5, 0.6) is 5.75 Å². The van der Waals surface area contributed by atoms with E-state index in [1.807, 2.05) is 38.2 Å². The molecule has 1 aromatic heterocycles. The Balaban J connectivity index is 1.60. The number of amides is 1. The zero-order valence-corrected chi connectivity index (χ0v) is 20.5. The standard InChI is InChI=1S/C19H16BrCl3N4O2S/c1-10(29-12-5-3-11(20)4-6-12)18-25-26-19(27(18)2)30-9-17(28)24-16-8-14(22)13(21)7-15(16)23/h3-8,10H,9H2,1-2H3,(H,24,28). The lowest BCUT2D eigenvalue weighted by Crippen LogP contribution is -2.15. The van der Waals surface area contributed by atoms with E-state index in [0.29, 0.717) is 31.7 Å². The zero-order chi connectivity index (χ0) is 21.8. The normalized spacial score (nSPS) is 11.9. The molecule has 0 radical (unpaired) electrons. The first kappa shape index (κ1) is 23.2. The van der Waals surface area contributed by atoms with Crippen LogP contribution in [-0.2, 0) is 11.8 Å². The molecule has 6 nitrogen and oxygen atoms in total. The number of aromatic nitrogens is 3. The highest BCUT2D eigenvalue weighted by Gasteiger charge is 2.18. The summed E-state index contributed by atoms with van der Waals surface area (Å²) in [5.74, 6) is 1.22. The lowest BCUT2D eigenvalue weighted by atomic mass is 10.3. The molecule has 0 saturated carbocycles. The summed E-state index contributed by atoms with van der Waals surface area (Å²) in [4.78, 5) is 12.3. The summed E-state index contributed by atoms with van der Waals surface area (Å²) in [6.07, 6.45) is -0.318. The van der Waals surface area contributed by atoms with E-state index < -0.39 is 0 Å². The zero-order valence-electron chi connectivity index (χ0n) is 15.8. The highest BCUT2D eigenvalue weighted by molar-refractivity contribution is 9.10. The number of nitrogens with one attached hydrogen (secondary N) is 1. The van der Waals surface area contributed by atoms with Crippen LogP contribution in [0.2, 0.25) is 15.1 Å². The molecule has 1 heterocycles. The van der Waals surface area contributed by atoms with E-state index in [4.69, 9.17) is 39.5 Å². The lowest BCUT2D eigenvalue weighted by Gasteiger charge is -2.14. The summed E-state index contributed by atoms with van der Waals surface area (Å²) in [6, 6.07) is 10.5. The maximum absolute atomic E-state index is 12.3. The topological polar surface area (TPSA) is 69.0 Å². The highest BCUT2D eigenvalue weighted by Crippen LogP contribution is 2.32. The fourth-order valence-electron chi connectivity index (χ4n) is 2.51. The van der Waals surface area contributed by atoms with Crippen LogP contribution < -0.4 is 10.1 Å². The summed E-state index contributed by atoms with van der Waals surface area (Å²) >= 11 is 22.6. The van der Waals surface area contributed by atoms with Crippen molar-refractivity contribution in [2.24, 2.45) is 7.05 Å². The van der Waals surface area contributed by atoms with Gasteiger partial charge in [-0.2, -0.15) is 0 Å². The second-order valence-electron chi connectivity index (χ2n) is 6.20. The largest absolute Gasteiger partial charge is 0.483 e. The molecule has 0 bridgehead atoms. The molecular weight excluding hydrogens is 535 g/mol. The number of benzene rings is 2. The summed E-state index contributed by atoms with van der Waals surface area (Å²) in [6.45, 7) is 1.89. The van der Waals surface area contributed by atoms with Gasteiger partial charge in [0.25, 0.3) is 0 Å². The molecule has 1 atom stereocenters. The number of carbonyl (C=O) groups excluding carboxylic acids is 1. The number of hydrogen-bond acceptors (Lipinski definition) is 5. The molecule has 11 heteroatoms. The Hall–Kier alpha value is -1.45. The maximum atomic E-state index is 12.3. The Morgan fingerprint density at radius 2 is 1.83 bits per heavy atom. The van der Waals surface area contributed by atoms with Crippen LogP contribution in [0.15, 0.2) is 46.0 Å². The molecule has 30 heavy (non-hydrogen) atoms. The number of halogens is 4. The van der Waals surface area contributed by atoms with E-state index in [0.717, 1.165) is 10.2 Å². The fourth-order valence-corrected chi connectivity index (χ4v) is 4.09. The molecule has 1 amide bonds. The van der Waals surface area contributed by atoms with Gasteiger partial charge in [-0.3, -0.25) is 4.79 Å². The van der Waals surface area contributed by atoms with Crippen molar-refractivity contribution in [1.82, 2.24) is 14.8 Å². The molecule has 1 unspecified atom stereocenters. The first-order valence-electron chi connectivity index (χ1n) is 8.63. The van der Waals surface area contributed by atoms with Gasteiger partial charge in [0, 0.05) is 11.5 Å². The van der Waals surface area contributed by atoms with E-state index in [2.05, 4.69) is 31.4 Å². The molecule has 0 aliphatic rings. The Labute approximate surface area is 201 Å². The van der Waals surface area contributed by atoms with Crippen LogP contribution in [-0.4, -0.2) is 26.4 Å². The Kier molecular flexibility index (Phi) is 7.92. The van der Waals surface area contributed by atoms with Crippen molar-refractivity contribution >= 4 is 74.1 Å². The second-order valence-corrected chi connectivity index (χ2v) is 9.28. The number of nitrogens with zero attached hydrogens (tertiary/aromatic N) is 3. The number of ether oxygens (including phenoxy) is 1. The summed E-state index contributed by atoms with van der Waals surface area (Å²) in [5.41, 5.74) is 0.395. The minimum atomic E-state index is -0.318. The molecule has 0 aliphatic carbocycles. The molecule has 1 N–H and O–H groups in total. The fraction of sp³-hybridized carbons (Fsp3) is 0.211. The van der Waals surface area contributed by atoms with E-state index in [9.17, 15) is 4.79 Å². The van der Waals surface area contributed by atoms with E-state index in [1.165, 1.54) is 23.9 Å². The van der Waals surface area contributed by atoms with Crippen LogP contribution in [0, 0.1) is 0 Å². The monoisotopic (exact) mass is 548 g/mol. The molecule has 0 fully saturated rings. The predicted octanol–water partition coefficient (Wildman–Crippen LogP) is 6.41. The van der Waals surface area contributed by atoms with Crippen LogP contribution in [0.4, 0.5) is 5.69 Å². The maximum Gasteiger partial charge on any atom is 0.234 e. The van der Waals surface area contributed by atoms with Gasteiger partial charge in [-0.05, 0) is 43.3 Å². The third-order valence-corrected chi connectivity index (χ3v) is 6.56. The third kappa shape index (κ3) is 5.82. The van der Waals surface area contributed by atoms with Gasteiger partial charge in [0.1, 0.15) is 5.75 Å². The minimum absolute atomic E-state index is 0.116. The molecule has 3 rings (SSSR count). The quantitative estimate of drug-likeness (QED) is 0.272. The van der Waals surface area contributed by atoms with Crippen molar-refractivity contribution in [3.8, 4) is 5.75 Å². The van der Waals surface area contributed by atoms with Gasteiger partial charge in [0.15, 0.2) is 17.1 Å². The van der Waals surface area contributed by atoms with Crippen molar-refractivity contribution in [3.63, 3.8) is 0 Å². The van der Waals surface area contributed by atoms with E-state index >= 15 is 0 Å². The van der Waals surface area contributed by atoms with Gasteiger partial charge < -0.3 is 14.6 Å². The Morgan fingerprint density at radius 1 is 1.17 bits per heavy atom. The average molecular weight is 551 g/mol. The van der Waals surface area contributed by atoms with Crippen LogP contribution >= 0.6 is 62.5 Å². The second kappa shape index (κ2) is 10.2. The smallest absolute Gasteiger partial charge is 0.234 e. The average Bonchev–Trinajstić information content (AvgIpc) is 3.07. The van der Waals surface area contributed by atoms with E-state index in [-0.39, 0.29) is 17.8 Å². The summed E-state index contributed by atoms with van der Waals surface area (Å²) in [7, 11) is 1.83. The van der Waals surface area contributed by atoms with Crippen LogP contribution in [0.3, 0.4) is 0 Å². The summed E-state index contributed by atoms with van der Waals surface area (Å²) in [5, 5.41) is 12.6. The number of carbonyl (C=O) groups is 1. The molecule has 0 aliphatic heterocycles. The van der Waals surface area contributed by atoms with Crippen molar-refractivity contribution in [2.75, 3.05) is 11.1 Å². The van der Waals surface area contributed by atoms with E-state index in [1.54, 1.807) is 4.57 Å². The van der Waals surface area contributed by atoms with Gasteiger partial charge in [0.2, 0.25) is 5.91 Å². The molecule has 0 saturated heterocycles. The molecule has 0 spiro atoms. The highest BCUT2D eigenvalue weighted by atomic mass is 79.9. The molecular formula is C19H16BrCl3N4O2S. The third-order valence-electron chi connectivity index (χ3n) is 3.98. The van der Waals surface area contributed by atoms with Crippen molar-refractivity contribution in [2.45, 2.75) is 18.2 Å². The first-order valence-corrected chi connectivity index (χ1v) is 11.5. The van der Waals surface area contributed by atoms with Crippen LogP contribution in [0.25, 0.3) is 0 Å². The predicted molar refractivity (Wildman–Crippen MR) is 125 cm³/mol. The number of anilines is 1. The molecule has 2 aromatic carbocycles. The first-order chi connectivity index (χ1) is 14.2. The van der Waals surface area contributed by atoms with Crippen molar-refractivity contribution in [1.29, 1.82) is 0 Å². The summed E-state index contributed by atoms with van der Waals surface area (Å²) < 4.78 is 8.69. The number of thioether (sulfide) groups is 1. The number of rotatable bonds is 7. The minimum Gasteiger partial charge on any atom is -0.483 e. The van der Waals surface area contributed by atoms with Crippen molar-refractivity contribution in [3.05, 3.63) is 61.8 Å². The molecule has 158 valence electrons. The number of hydrogen-bond donors (Lipinski definition) is 1. The Morgan fingerprint density at radius 3 is 2.53 bits per heavy atom. The van der Waals surface area contributed by atoms with Crippen LogP contribution in [0.1, 0.15) is 18.9 Å². The van der Waals surface area contributed by atoms with Gasteiger partial charge in [-0.1, -0.05) is 62.5 Å². The van der Waals surface area contributed by atoms with Crippen molar-refractivity contribution < 1.29 is 9.53 Å². The lowest BCUT2D eigenvalue weighted by molar-refractivity contribution is -0.113. The Bertz CT molecular complexity index is 1060. The van der Waals surface area contributed by atoms with Gasteiger partial charge in [-0.15, -0.1) is 10.2 Å².